The number of rotatable bonds is 6. The molecule has 114 valence electrons. The second-order valence-electron chi connectivity index (χ2n) is 5.96. The molecule has 0 amide bonds. The van der Waals surface area contributed by atoms with Crippen LogP contribution >= 0.6 is 0 Å². The molecule has 5 heteroatoms. The summed E-state index contributed by atoms with van der Waals surface area (Å²) in [4.78, 5) is 0.0685. The highest BCUT2D eigenvalue weighted by Gasteiger charge is 2.27. The maximum atomic E-state index is 13.6. The first-order chi connectivity index (χ1) is 9.25. The Kier molecular flexibility index (Phi) is 6.27. The largest absolute Gasteiger partial charge is 0.313 e. The van der Waals surface area contributed by atoms with Crippen molar-refractivity contribution in [1.82, 2.24) is 5.32 Å². The first-order valence-corrected chi connectivity index (χ1v) is 8.14. The molecule has 0 bridgehead atoms. The first-order valence-electron chi connectivity index (χ1n) is 6.82. The van der Waals surface area contributed by atoms with E-state index in [-0.39, 0.29) is 16.4 Å². The summed E-state index contributed by atoms with van der Waals surface area (Å²) in [7, 11) is -1.49. The minimum absolute atomic E-state index is 0.00716. The molecule has 0 saturated carbocycles. The van der Waals surface area contributed by atoms with Crippen molar-refractivity contribution in [3.63, 3.8) is 0 Å². The van der Waals surface area contributed by atoms with E-state index >= 15 is 0 Å². The van der Waals surface area contributed by atoms with E-state index in [1.165, 1.54) is 6.07 Å². The topological polar surface area (TPSA) is 29.1 Å². The van der Waals surface area contributed by atoms with Gasteiger partial charge in [0.25, 0.3) is 0 Å². The molecule has 0 spiro atoms. The Morgan fingerprint density at radius 3 is 2.45 bits per heavy atom. The van der Waals surface area contributed by atoms with Crippen LogP contribution in [0.1, 0.15) is 34.1 Å². The molecule has 1 N–H and O–H groups in total. The van der Waals surface area contributed by atoms with Gasteiger partial charge in [0, 0.05) is 17.9 Å². The van der Waals surface area contributed by atoms with E-state index < -0.39 is 22.4 Å². The number of hydrogen-bond donors (Lipinski definition) is 1. The average Bonchev–Trinajstić information content (AvgIpc) is 2.32. The van der Waals surface area contributed by atoms with Crippen molar-refractivity contribution in [2.45, 2.75) is 45.1 Å². The fraction of sp³-hybridized carbons (Fsp3) is 0.600. The lowest BCUT2D eigenvalue weighted by molar-refractivity contribution is 0.290. The maximum absolute atomic E-state index is 13.6. The Balaban J connectivity index is 2.85. The van der Waals surface area contributed by atoms with Gasteiger partial charge in [-0.3, -0.25) is 4.21 Å². The molecule has 1 rings (SSSR count). The van der Waals surface area contributed by atoms with Gasteiger partial charge >= 0.3 is 0 Å². The van der Waals surface area contributed by atoms with Gasteiger partial charge in [0.05, 0.1) is 15.7 Å². The zero-order valence-electron chi connectivity index (χ0n) is 12.5. The van der Waals surface area contributed by atoms with Crippen LogP contribution in [0.15, 0.2) is 23.1 Å². The van der Waals surface area contributed by atoms with Crippen LogP contribution in [0.5, 0.6) is 0 Å². The van der Waals surface area contributed by atoms with Gasteiger partial charge in [-0.25, -0.2) is 8.78 Å². The van der Waals surface area contributed by atoms with Gasteiger partial charge in [-0.15, -0.1) is 0 Å². The Labute approximate surface area is 122 Å². The Bertz CT molecular complexity index is 471. The number of nitrogens with one attached hydrogen (secondary N) is 1. The van der Waals surface area contributed by atoms with Crippen LogP contribution in [0.4, 0.5) is 8.78 Å². The zero-order chi connectivity index (χ0) is 15.3. The third-order valence-electron chi connectivity index (χ3n) is 3.14. The van der Waals surface area contributed by atoms with Crippen molar-refractivity contribution in [3.8, 4) is 0 Å². The number of benzene rings is 1. The SMILES string of the molecule is CCCNC(CS(=O)c1ccc(F)cc1F)C(C)(C)C. The van der Waals surface area contributed by atoms with Crippen molar-refractivity contribution in [1.29, 1.82) is 0 Å². The fourth-order valence-electron chi connectivity index (χ4n) is 1.83. The van der Waals surface area contributed by atoms with Crippen molar-refractivity contribution in [3.05, 3.63) is 29.8 Å². The van der Waals surface area contributed by atoms with Gasteiger partial charge < -0.3 is 5.32 Å². The summed E-state index contributed by atoms with van der Waals surface area (Å²) in [6.07, 6.45) is 0.976. The minimum Gasteiger partial charge on any atom is -0.313 e. The van der Waals surface area contributed by atoms with Gasteiger partial charge in [-0.2, -0.15) is 0 Å². The van der Waals surface area contributed by atoms with Crippen LogP contribution in [0.3, 0.4) is 0 Å². The van der Waals surface area contributed by atoms with Gasteiger partial charge in [0.15, 0.2) is 0 Å². The molecular weight excluding hydrogens is 280 g/mol. The summed E-state index contributed by atoms with van der Waals surface area (Å²) < 4.78 is 38.8. The average molecular weight is 303 g/mol. The molecule has 2 atom stereocenters. The predicted octanol–water partition coefficient (Wildman–Crippen LogP) is 3.49. The standard InChI is InChI=1S/C15H23F2NOS/c1-5-8-18-14(15(2,3)4)10-20(19)13-7-6-11(16)9-12(13)17/h6-7,9,14,18H,5,8,10H2,1-4H3. The van der Waals surface area contributed by atoms with Gasteiger partial charge in [0.2, 0.25) is 0 Å². The Morgan fingerprint density at radius 1 is 1.30 bits per heavy atom. The summed E-state index contributed by atoms with van der Waals surface area (Å²) >= 11 is 0. The maximum Gasteiger partial charge on any atom is 0.142 e. The molecule has 2 nitrogen and oxygen atoms in total. The molecule has 0 heterocycles. The molecule has 0 aromatic heterocycles. The van der Waals surface area contributed by atoms with E-state index in [4.69, 9.17) is 0 Å². The van der Waals surface area contributed by atoms with Crippen molar-refractivity contribution >= 4 is 10.8 Å². The van der Waals surface area contributed by atoms with Crippen molar-refractivity contribution in [2.24, 2.45) is 5.41 Å². The zero-order valence-corrected chi connectivity index (χ0v) is 13.3. The highest BCUT2D eigenvalue weighted by atomic mass is 32.2. The highest BCUT2D eigenvalue weighted by Crippen LogP contribution is 2.23. The first kappa shape index (κ1) is 17.2. The van der Waals surface area contributed by atoms with Crippen LogP contribution < -0.4 is 5.32 Å². The summed E-state index contributed by atoms with van der Waals surface area (Å²) in [6.45, 7) is 9.05. The van der Waals surface area contributed by atoms with E-state index in [2.05, 4.69) is 33.0 Å². The van der Waals surface area contributed by atoms with Gasteiger partial charge in [0.1, 0.15) is 11.6 Å². The van der Waals surface area contributed by atoms with Crippen LogP contribution in [0, 0.1) is 17.0 Å². The minimum atomic E-state index is -1.49. The second kappa shape index (κ2) is 7.27. The normalized spacial score (nSPS) is 15.1. The smallest absolute Gasteiger partial charge is 0.142 e. The molecule has 0 fully saturated rings. The van der Waals surface area contributed by atoms with E-state index in [0.29, 0.717) is 5.75 Å². The van der Waals surface area contributed by atoms with E-state index in [1.807, 2.05) is 0 Å². The molecule has 2 unspecified atom stereocenters. The van der Waals surface area contributed by atoms with Crippen molar-refractivity contribution in [2.75, 3.05) is 12.3 Å². The summed E-state index contributed by atoms with van der Waals surface area (Å²) in [5.41, 5.74) is -0.0820. The van der Waals surface area contributed by atoms with E-state index in [0.717, 1.165) is 25.1 Å². The predicted molar refractivity (Wildman–Crippen MR) is 79.2 cm³/mol. The molecule has 1 aromatic carbocycles. The van der Waals surface area contributed by atoms with E-state index in [1.54, 1.807) is 0 Å². The summed E-state index contributed by atoms with van der Waals surface area (Å²) in [5, 5.41) is 3.35. The molecule has 20 heavy (non-hydrogen) atoms. The molecule has 0 radical (unpaired) electrons. The second-order valence-corrected chi connectivity index (χ2v) is 7.42. The number of hydrogen-bond acceptors (Lipinski definition) is 2. The fourth-order valence-corrected chi connectivity index (χ4v) is 3.43. The van der Waals surface area contributed by atoms with Crippen LogP contribution in [0.25, 0.3) is 0 Å². The van der Waals surface area contributed by atoms with Crippen molar-refractivity contribution < 1.29 is 13.0 Å². The third kappa shape index (κ3) is 4.94. The molecule has 1 aromatic rings. The Morgan fingerprint density at radius 2 is 1.95 bits per heavy atom. The molecular formula is C15H23F2NOS. The lowest BCUT2D eigenvalue weighted by atomic mass is 9.88. The lowest BCUT2D eigenvalue weighted by Gasteiger charge is -2.31. The van der Waals surface area contributed by atoms with Crippen LogP contribution in [-0.2, 0) is 10.8 Å². The summed E-state index contributed by atoms with van der Waals surface area (Å²) in [5.74, 6) is -1.09. The quantitative estimate of drug-likeness (QED) is 0.871. The van der Waals surface area contributed by atoms with Gasteiger partial charge in [-0.1, -0.05) is 27.7 Å². The van der Waals surface area contributed by atoms with E-state index in [9.17, 15) is 13.0 Å². The third-order valence-corrected chi connectivity index (χ3v) is 4.60. The number of halogens is 2. The van der Waals surface area contributed by atoms with Crippen LogP contribution in [-0.4, -0.2) is 22.5 Å². The molecule has 0 saturated heterocycles. The molecule has 0 aliphatic rings. The lowest BCUT2D eigenvalue weighted by Crippen LogP contribution is -2.44. The molecule has 0 aliphatic carbocycles. The highest BCUT2D eigenvalue weighted by molar-refractivity contribution is 7.85. The molecule has 0 aliphatic heterocycles. The summed E-state index contributed by atoms with van der Waals surface area (Å²) in [6, 6.07) is 3.19. The Hall–Kier alpha value is -0.810. The monoisotopic (exact) mass is 303 g/mol. The van der Waals surface area contributed by atoms with Gasteiger partial charge in [-0.05, 0) is 30.5 Å². The van der Waals surface area contributed by atoms with Crippen LogP contribution in [0.2, 0.25) is 0 Å².